The van der Waals surface area contributed by atoms with Gasteiger partial charge in [-0.25, -0.2) is 9.67 Å². The molecular weight excluding hydrogens is 312 g/mol. The van der Waals surface area contributed by atoms with Gasteiger partial charge in [0.05, 0.1) is 11.3 Å². The highest BCUT2D eigenvalue weighted by atomic mass is 16.1. The smallest absolute Gasteiger partial charge is 0.252 e. The highest BCUT2D eigenvalue weighted by Gasteiger charge is 2.08. The van der Waals surface area contributed by atoms with E-state index >= 15 is 0 Å². The Morgan fingerprint density at radius 1 is 1.12 bits per heavy atom. The van der Waals surface area contributed by atoms with E-state index in [4.69, 9.17) is 0 Å². The lowest BCUT2D eigenvalue weighted by molar-refractivity contribution is 0.0954. The lowest BCUT2D eigenvalue weighted by Crippen LogP contribution is -2.25. The molecule has 0 spiro atoms. The number of amides is 1. The van der Waals surface area contributed by atoms with Crippen LogP contribution in [0.4, 0.5) is 0 Å². The largest absolute Gasteiger partial charge is 0.352 e. The third kappa shape index (κ3) is 4.12. The lowest BCUT2D eigenvalue weighted by atomic mass is 10.1. The predicted octanol–water partition coefficient (Wildman–Crippen LogP) is 3.17. The van der Waals surface area contributed by atoms with Gasteiger partial charge in [0.2, 0.25) is 0 Å². The number of benzene rings is 1. The van der Waals surface area contributed by atoms with E-state index in [9.17, 15) is 4.79 Å². The Bertz CT molecular complexity index is 881. The molecule has 0 fully saturated rings. The van der Waals surface area contributed by atoms with Crippen LogP contribution < -0.4 is 5.32 Å². The monoisotopic (exact) mass is 334 g/mol. The molecule has 5 heteroatoms. The van der Waals surface area contributed by atoms with Gasteiger partial charge >= 0.3 is 0 Å². The van der Waals surface area contributed by atoms with Gasteiger partial charge in [0.25, 0.3) is 5.91 Å². The van der Waals surface area contributed by atoms with Gasteiger partial charge in [0, 0.05) is 18.4 Å². The number of hydrogen-bond donors (Lipinski definition) is 1. The summed E-state index contributed by atoms with van der Waals surface area (Å²) < 4.78 is 1.77. The van der Waals surface area contributed by atoms with Crippen LogP contribution in [0.2, 0.25) is 0 Å². The number of aromatic nitrogens is 3. The number of rotatable bonds is 5. The number of pyridine rings is 1. The van der Waals surface area contributed by atoms with Gasteiger partial charge in [-0.3, -0.25) is 4.79 Å². The van der Waals surface area contributed by atoms with Crippen LogP contribution in [0.25, 0.3) is 5.82 Å². The van der Waals surface area contributed by atoms with Crippen LogP contribution in [0.5, 0.6) is 0 Å². The van der Waals surface area contributed by atoms with Crippen molar-refractivity contribution in [2.24, 2.45) is 0 Å². The van der Waals surface area contributed by atoms with Crippen molar-refractivity contribution in [3.63, 3.8) is 0 Å². The first-order valence-electron chi connectivity index (χ1n) is 8.36. The van der Waals surface area contributed by atoms with E-state index in [0.29, 0.717) is 17.9 Å². The third-order valence-corrected chi connectivity index (χ3v) is 4.02. The molecule has 0 aliphatic rings. The topological polar surface area (TPSA) is 59.8 Å². The van der Waals surface area contributed by atoms with E-state index in [2.05, 4.69) is 40.5 Å². The molecule has 2 aromatic heterocycles. The summed E-state index contributed by atoms with van der Waals surface area (Å²) in [6.07, 6.45) is 2.40. The molecule has 2 heterocycles. The van der Waals surface area contributed by atoms with E-state index in [0.717, 1.165) is 17.8 Å². The zero-order chi connectivity index (χ0) is 17.8. The van der Waals surface area contributed by atoms with Crippen molar-refractivity contribution < 1.29 is 4.79 Å². The van der Waals surface area contributed by atoms with E-state index in [-0.39, 0.29) is 5.91 Å². The van der Waals surface area contributed by atoms with E-state index in [1.165, 1.54) is 11.1 Å². The molecule has 0 unspecified atom stereocenters. The molecule has 25 heavy (non-hydrogen) atoms. The number of aryl methyl sites for hydroxylation is 3. The summed E-state index contributed by atoms with van der Waals surface area (Å²) in [5, 5.41) is 7.34. The fourth-order valence-electron chi connectivity index (χ4n) is 2.80. The van der Waals surface area contributed by atoms with Crippen molar-refractivity contribution in [3.05, 3.63) is 76.7 Å². The SMILES string of the molecule is Cc1cccc(CCNC(=O)c2ccc(-n3nc(C)cc3C)nc2)c1. The molecule has 0 saturated heterocycles. The molecule has 1 amide bonds. The molecule has 0 saturated carbocycles. The molecular formula is C20H22N4O. The number of nitrogens with zero attached hydrogens (tertiary/aromatic N) is 3. The summed E-state index contributed by atoms with van der Waals surface area (Å²) in [6, 6.07) is 13.9. The first-order valence-corrected chi connectivity index (χ1v) is 8.36. The molecule has 3 rings (SSSR count). The van der Waals surface area contributed by atoms with E-state index in [1.807, 2.05) is 32.0 Å². The Labute approximate surface area is 147 Å². The molecule has 0 atom stereocenters. The average molecular weight is 334 g/mol. The molecule has 3 aromatic rings. The van der Waals surface area contributed by atoms with Gasteiger partial charge in [0.1, 0.15) is 0 Å². The Morgan fingerprint density at radius 3 is 2.60 bits per heavy atom. The van der Waals surface area contributed by atoms with Crippen LogP contribution in [0.1, 0.15) is 32.9 Å². The van der Waals surface area contributed by atoms with Crippen LogP contribution in [0.3, 0.4) is 0 Å². The average Bonchev–Trinajstić information content (AvgIpc) is 2.93. The summed E-state index contributed by atoms with van der Waals surface area (Å²) in [7, 11) is 0. The second kappa shape index (κ2) is 7.30. The summed E-state index contributed by atoms with van der Waals surface area (Å²) in [5.74, 6) is 0.599. The number of carbonyl (C=O) groups is 1. The van der Waals surface area contributed by atoms with Crippen molar-refractivity contribution in [1.82, 2.24) is 20.1 Å². The first kappa shape index (κ1) is 16.9. The van der Waals surface area contributed by atoms with Crippen molar-refractivity contribution in [1.29, 1.82) is 0 Å². The normalized spacial score (nSPS) is 10.7. The highest BCUT2D eigenvalue weighted by molar-refractivity contribution is 5.93. The lowest BCUT2D eigenvalue weighted by Gasteiger charge is -2.07. The van der Waals surface area contributed by atoms with Crippen molar-refractivity contribution in [2.45, 2.75) is 27.2 Å². The van der Waals surface area contributed by atoms with Crippen molar-refractivity contribution in [2.75, 3.05) is 6.54 Å². The zero-order valence-electron chi connectivity index (χ0n) is 14.8. The standard InChI is InChI=1S/C20H22N4O/c1-14-5-4-6-17(11-14)9-10-21-20(25)18-7-8-19(22-13-18)24-16(3)12-15(2)23-24/h4-8,11-13H,9-10H2,1-3H3,(H,21,25). The van der Waals surface area contributed by atoms with Gasteiger partial charge < -0.3 is 5.32 Å². The number of carbonyl (C=O) groups excluding carboxylic acids is 1. The maximum absolute atomic E-state index is 12.2. The number of hydrogen-bond acceptors (Lipinski definition) is 3. The summed E-state index contributed by atoms with van der Waals surface area (Å²) in [4.78, 5) is 16.6. The number of nitrogens with one attached hydrogen (secondary N) is 1. The van der Waals surface area contributed by atoms with Crippen LogP contribution in [0.15, 0.2) is 48.7 Å². The summed E-state index contributed by atoms with van der Waals surface area (Å²) in [6.45, 7) is 6.59. The molecule has 1 aromatic carbocycles. The van der Waals surface area contributed by atoms with Crippen molar-refractivity contribution >= 4 is 5.91 Å². The fraction of sp³-hybridized carbons (Fsp3) is 0.250. The Morgan fingerprint density at radius 2 is 1.96 bits per heavy atom. The zero-order valence-corrected chi connectivity index (χ0v) is 14.8. The highest BCUT2D eigenvalue weighted by Crippen LogP contribution is 2.10. The Balaban J connectivity index is 1.60. The fourth-order valence-corrected chi connectivity index (χ4v) is 2.80. The van der Waals surface area contributed by atoms with E-state index in [1.54, 1.807) is 16.9 Å². The first-order chi connectivity index (χ1) is 12.0. The second-order valence-corrected chi connectivity index (χ2v) is 6.24. The minimum absolute atomic E-state index is 0.111. The minimum atomic E-state index is -0.111. The molecule has 1 N–H and O–H groups in total. The molecule has 5 nitrogen and oxygen atoms in total. The van der Waals surface area contributed by atoms with Gasteiger partial charge in [-0.2, -0.15) is 5.10 Å². The van der Waals surface area contributed by atoms with Crippen LogP contribution in [-0.4, -0.2) is 27.2 Å². The third-order valence-electron chi connectivity index (χ3n) is 4.02. The van der Waals surface area contributed by atoms with Crippen LogP contribution in [0, 0.1) is 20.8 Å². The maximum Gasteiger partial charge on any atom is 0.252 e. The molecule has 0 aliphatic carbocycles. The van der Waals surface area contributed by atoms with E-state index < -0.39 is 0 Å². The summed E-state index contributed by atoms with van der Waals surface area (Å²) >= 11 is 0. The second-order valence-electron chi connectivity index (χ2n) is 6.24. The van der Waals surface area contributed by atoms with Gasteiger partial charge in [-0.05, 0) is 51.0 Å². The Kier molecular flexibility index (Phi) is 4.93. The molecule has 128 valence electrons. The molecule has 0 bridgehead atoms. The van der Waals surface area contributed by atoms with Crippen LogP contribution >= 0.6 is 0 Å². The minimum Gasteiger partial charge on any atom is -0.352 e. The van der Waals surface area contributed by atoms with Gasteiger partial charge in [0.15, 0.2) is 5.82 Å². The quantitative estimate of drug-likeness (QED) is 0.780. The molecule has 0 aliphatic heterocycles. The summed E-state index contributed by atoms with van der Waals surface area (Å²) in [5.41, 5.74) is 4.96. The van der Waals surface area contributed by atoms with Gasteiger partial charge in [-0.15, -0.1) is 0 Å². The van der Waals surface area contributed by atoms with Gasteiger partial charge in [-0.1, -0.05) is 29.8 Å². The molecule has 0 radical (unpaired) electrons. The Hall–Kier alpha value is -2.95. The maximum atomic E-state index is 12.2. The predicted molar refractivity (Wildman–Crippen MR) is 98.0 cm³/mol. The van der Waals surface area contributed by atoms with Crippen molar-refractivity contribution in [3.8, 4) is 5.82 Å². The van der Waals surface area contributed by atoms with Crippen LogP contribution in [-0.2, 0) is 6.42 Å².